The van der Waals surface area contributed by atoms with E-state index in [0.717, 1.165) is 4.68 Å². The van der Waals surface area contributed by atoms with Gasteiger partial charge in [0.2, 0.25) is 0 Å². The molecule has 66 valence electrons. The Morgan fingerprint density at radius 2 is 2.25 bits per heavy atom. The van der Waals surface area contributed by atoms with Crippen LogP contribution in [0.3, 0.4) is 0 Å². The lowest BCUT2D eigenvalue weighted by atomic mass is 9.87. The molecule has 0 aliphatic rings. The lowest BCUT2D eigenvalue weighted by molar-refractivity contribution is 0.122. The Bertz CT molecular complexity index is 253. The Morgan fingerprint density at radius 3 is 2.67 bits per heavy atom. The smallest absolute Gasteiger partial charge is 0.422 e. The fraction of sp³-hybridized carbons (Fsp3) is 0.400. The van der Waals surface area contributed by atoms with Crippen molar-refractivity contribution in [1.29, 1.82) is 0 Å². The zero-order valence-corrected chi connectivity index (χ0v) is 6.06. The highest BCUT2D eigenvalue weighted by atomic mass is 19.3. The van der Waals surface area contributed by atoms with Crippen molar-refractivity contribution < 1.29 is 18.8 Å². The van der Waals surface area contributed by atoms with Crippen molar-refractivity contribution in [2.24, 2.45) is 0 Å². The molecular formula is C5H7BF2N2O2. The van der Waals surface area contributed by atoms with Crippen LogP contribution in [0.2, 0.25) is 0 Å². The molecule has 1 aromatic heterocycles. The van der Waals surface area contributed by atoms with Crippen molar-refractivity contribution in [3.8, 4) is 0 Å². The second-order valence-electron chi connectivity index (χ2n) is 2.23. The largest absolute Gasteiger partial charge is 0.510 e. The van der Waals surface area contributed by atoms with E-state index in [1.165, 1.54) is 12.3 Å². The number of rotatable bonds is 3. The summed E-state index contributed by atoms with van der Waals surface area (Å²) in [7, 11) is -1.70. The predicted octanol–water partition coefficient (Wildman–Crippen LogP) is -1.17. The molecule has 0 amide bonds. The summed E-state index contributed by atoms with van der Waals surface area (Å²) in [5.74, 6) is 0. The molecule has 0 saturated carbocycles. The quantitative estimate of drug-likeness (QED) is 0.570. The molecule has 0 radical (unpaired) electrons. The molecule has 0 atom stereocenters. The van der Waals surface area contributed by atoms with E-state index in [1.807, 2.05) is 0 Å². The number of aromatic nitrogens is 2. The first-order valence-electron chi connectivity index (χ1n) is 3.27. The van der Waals surface area contributed by atoms with E-state index < -0.39 is 20.1 Å². The minimum Gasteiger partial charge on any atom is -0.422 e. The summed E-state index contributed by atoms with van der Waals surface area (Å²) < 4.78 is 24.4. The highest BCUT2D eigenvalue weighted by molar-refractivity contribution is 6.57. The number of hydrogen-bond donors (Lipinski definition) is 2. The Balaban J connectivity index is 2.64. The first-order valence-corrected chi connectivity index (χ1v) is 3.27. The minimum atomic E-state index is -2.49. The van der Waals surface area contributed by atoms with Gasteiger partial charge in [-0.05, 0) is 6.07 Å². The van der Waals surface area contributed by atoms with Gasteiger partial charge in [0.15, 0.2) is 0 Å². The average Bonchev–Trinajstić information content (AvgIpc) is 2.34. The topological polar surface area (TPSA) is 58.3 Å². The molecule has 1 rings (SSSR count). The van der Waals surface area contributed by atoms with E-state index >= 15 is 0 Å². The number of hydrogen-bond acceptors (Lipinski definition) is 3. The first kappa shape index (κ1) is 9.15. The van der Waals surface area contributed by atoms with Crippen molar-refractivity contribution in [2.75, 3.05) is 0 Å². The maximum Gasteiger partial charge on any atom is 0.510 e. The van der Waals surface area contributed by atoms with E-state index in [2.05, 4.69) is 5.10 Å². The van der Waals surface area contributed by atoms with Gasteiger partial charge in [-0.1, -0.05) is 0 Å². The molecule has 0 aliphatic heterocycles. The predicted molar refractivity (Wildman–Crippen MR) is 38.1 cm³/mol. The second kappa shape index (κ2) is 3.64. The minimum absolute atomic E-state index is 0.0318. The number of halogens is 2. The van der Waals surface area contributed by atoms with Crippen LogP contribution in [0.5, 0.6) is 0 Å². The zero-order valence-electron chi connectivity index (χ0n) is 6.06. The highest BCUT2D eigenvalue weighted by Gasteiger charge is 2.15. The standard InChI is InChI=1S/C5H7BF2N2O2/c7-5(8)3-10-2-1-4(9-10)6(11)12/h1-2,5,11-12H,3H2. The molecule has 0 spiro atoms. The van der Waals surface area contributed by atoms with Crippen LogP contribution in [-0.4, -0.2) is 33.4 Å². The monoisotopic (exact) mass is 176 g/mol. The molecule has 12 heavy (non-hydrogen) atoms. The molecule has 1 heterocycles. The molecular weight excluding hydrogens is 169 g/mol. The number of alkyl halides is 2. The molecule has 0 saturated heterocycles. The third-order valence-electron chi connectivity index (χ3n) is 1.25. The van der Waals surface area contributed by atoms with E-state index in [0.29, 0.717) is 0 Å². The van der Waals surface area contributed by atoms with Gasteiger partial charge >= 0.3 is 7.12 Å². The summed E-state index contributed by atoms with van der Waals surface area (Å²) in [6, 6.07) is 1.27. The Hall–Kier alpha value is -0.945. The number of nitrogens with zero attached hydrogens (tertiary/aromatic N) is 2. The summed E-state index contributed by atoms with van der Waals surface area (Å²) in [4.78, 5) is 0. The summed E-state index contributed by atoms with van der Waals surface area (Å²) in [6.45, 7) is -0.535. The third kappa shape index (κ3) is 2.28. The van der Waals surface area contributed by atoms with Crippen molar-refractivity contribution >= 4 is 12.7 Å². The van der Waals surface area contributed by atoms with Crippen molar-refractivity contribution in [1.82, 2.24) is 9.78 Å². The van der Waals surface area contributed by atoms with Gasteiger partial charge in [-0.25, -0.2) is 8.78 Å². The summed E-state index contributed by atoms with van der Waals surface area (Å²) in [5, 5.41) is 20.6. The van der Waals surface area contributed by atoms with Crippen LogP contribution in [0.25, 0.3) is 0 Å². The van der Waals surface area contributed by atoms with Gasteiger partial charge in [0.1, 0.15) is 6.54 Å². The van der Waals surface area contributed by atoms with Crippen LogP contribution in [-0.2, 0) is 6.54 Å². The van der Waals surface area contributed by atoms with Gasteiger partial charge in [0.25, 0.3) is 6.43 Å². The van der Waals surface area contributed by atoms with E-state index in [9.17, 15) is 8.78 Å². The zero-order chi connectivity index (χ0) is 9.14. The Morgan fingerprint density at radius 1 is 1.58 bits per heavy atom. The molecule has 0 bridgehead atoms. The first-order chi connectivity index (χ1) is 5.59. The van der Waals surface area contributed by atoms with Gasteiger partial charge in [0, 0.05) is 6.20 Å². The average molecular weight is 176 g/mol. The molecule has 1 aromatic rings. The lowest BCUT2D eigenvalue weighted by Crippen LogP contribution is -2.31. The fourth-order valence-electron chi connectivity index (χ4n) is 0.758. The highest BCUT2D eigenvalue weighted by Crippen LogP contribution is 1.95. The van der Waals surface area contributed by atoms with E-state index in [4.69, 9.17) is 10.0 Å². The summed E-state index contributed by atoms with van der Waals surface area (Å²) in [6.07, 6.45) is -1.23. The van der Waals surface area contributed by atoms with Crippen LogP contribution in [0, 0.1) is 0 Å². The molecule has 0 aromatic carbocycles. The maximum atomic E-state index is 11.7. The van der Waals surface area contributed by atoms with E-state index in [1.54, 1.807) is 0 Å². The fourth-order valence-corrected chi connectivity index (χ4v) is 0.758. The molecule has 4 nitrogen and oxygen atoms in total. The summed E-state index contributed by atoms with van der Waals surface area (Å²) >= 11 is 0. The maximum absolute atomic E-state index is 11.7. The van der Waals surface area contributed by atoms with Crippen molar-refractivity contribution in [2.45, 2.75) is 13.0 Å². The van der Waals surface area contributed by atoms with Crippen LogP contribution < -0.4 is 5.59 Å². The van der Waals surface area contributed by atoms with Crippen molar-refractivity contribution in [3.63, 3.8) is 0 Å². The Kier molecular flexibility index (Phi) is 2.77. The second-order valence-corrected chi connectivity index (χ2v) is 2.23. The van der Waals surface area contributed by atoms with Crippen LogP contribution in [0.1, 0.15) is 0 Å². The van der Waals surface area contributed by atoms with Gasteiger partial charge in [0.05, 0.1) is 5.59 Å². The van der Waals surface area contributed by atoms with Gasteiger partial charge in [-0.15, -0.1) is 0 Å². The molecule has 2 N–H and O–H groups in total. The van der Waals surface area contributed by atoms with E-state index in [-0.39, 0.29) is 5.59 Å². The van der Waals surface area contributed by atoms with Crippen LogP contribution in [0.4, 0.5) is 8.78 Å². The van der Waals surface area contributed by atoms with Gasteiger partial charge in [-0.2, -0.15) is 5.10 Å². The van der Waals surface area contributed by atoms with Crippen molar-refractivity contribution in [3.05, 3.63) is 12.3 Å². The molecule has 0 unspecified atom stereocenters. The van der Waals surface area contributed by atoms with Gasteiger partial charge < -0.3 is 10.0 Å². The molecule has 0 aliphatic carbocycles. The Labute approximate surface area is 67.6 Å². The molecule has 7 heteroatoms. The van der Waals surface area contributed by atoms with Crippen LogP contribution >= 0.6 is 0 Å². The normalized spacial score (nSPS) is 10.8. The summed E-state index contributed by atoms with van der Waals surface area (Å²) in [5.41, 5.74) is -0.0318. The van der Waals surface area contributed by atoms with Gasteiger partial charge in [-0.3, -0.25) is 4.68 Å². The SMILES string of the molecule is OB(O)c1ccn(CC(F)F)n1. The lowest BCUT2D eigenvalue weighted by Gasteiger charge is -1.98. The molecule has 0 fully saturated rings. The third-order valence-corrected chi connectivity index (χ3v) is 1.25. The van der Waals surface area contributed by atoms with Crippen LogP contribution in [0.15, 0.2) is 12.3 Å².